The predicted octanol–water partition coefficient (Wildman–Crippen LogP) is 2.73. The van der Waals surface area contributed by atoms with E-state index in [4.69, 9.17) is 0 Å². The van der Waals surface area contributed by atoms with E-state index in [9.17, 15) is 0 Å². The van der Waals surface area contributed by atoms with E-state index in [1.54, 1.807) is 11.3 Å². The largest absolute Gasteiger partial charge is 0.319 e. The lowest BCUT2D eigenvalue weighted by Crippen LogP contribution is -2.09. The van der Waals surface area contributed by atoms with Crippen molar-refractivity contribution >= 4 is 27.3 Å². The minimum Gasteiger partial charge on any atom is -0.319 e. The zero-order chi connectivity index (χ0) is 11.4. The van der Waals surface area contributed by atoms with Crippen LogP contribution < -0.4 is 5.32 Å². The molecule has 0 aliphatic carbocycles. The number of hydrogen-bond donors (Lipinski definition) is 1. The fourth-order valence-electron chi connectivity index (χ4n) is 1.30. The van der Waals surface area contributed by atoms with Crippen LogP contribution in [-0.4, -0.2) is 23.8 Å². The molecular formula is C11H12BrN3S. The van der Waals surface area contributed by atoms with E-state index in [1.807, 2.05) is 31.3 Å². The van der Waals surface area contributed by atoms with Crippen LogP contribution in [0.25, 0.3) is 10.6 Å². The van der Waals surface area contributed by atoms with Crippen molar-refractivity contribution in [2.75, 3.05) is 13.6 Å². The molecule has 0 radical (unpaired) electrons. The van der Waals surface area contributed by atoms with E-state index >= 15 is 0 Å². The van der Waals surface area contributed by atoms with Crippen LogP contribution in [0.15, 0.2) is 28.7 Å². The number of benzene rings is 1. The molecule has 1 N–H and O–H groups in total. The predicted molar refractivity (Wildman–Crippen MR) is 70.7 cm³/mol. The van der Waals surface area contributed by atoms with Gasteiger partial charge in [0.2, 0.25) is 0 Å². The van der Waals surface area contributed by atoms with Gasteiger partial charge in [-0.2, -0.15) is 0 Å². The maximum absolute atomic E-state index is 4.19. The fourth-order valence-corrected chi connectivity index (χ4v) is 2.40. The first-order valence-corrected chi connectivity index (χ1v) is 6.63. The maximum Gasteiger partial charge on any atom is 0.147 e. The summed E-state index contributed by atoms with van der Waals surface area (Å²) in [5, 5.41) is 13.5. The molecule has 1 aromatic heterocycles. The summed E-state index contributed by atoms with van der Waals surface area (Å²) in [7, 11) is 1.94. The summed E-state index contributed by atoms with van der Waals surface area (Å²) in [6.45, 7) is 0.939. The lowest BCUT2D eigenvalue weighted by atomic mass is 10.2. The molecule has 0 aliphatic rings. The zero-order valence-electron chi connectivity index (χ0n) is 8.90. The van der Waals surface area contributed by atoms with Gasteiger partial charge in [0.15, 0.2) is 0 Å². The summed E-state index contributed by atoms with van der Waals surface area (Å²) in [5.74, 6) is 0. The fraction of sp³-hybridized carbons (Fsp3) is 0.273. The van der Waals surface area contributed by atoms with E-state index in [1.165, 1.54) is 0 Å². The summed E-state index contributed by atoms with van der Waals surface area (Å²) in [6.07, 6.45) is 0.935. The average Bonchev–Trinajstić information content (AvgIpc) is 2.76. The van der Waals surface area contributed by atoms with E-state index in [-0.39, 0.29) is 0 Å². The number of likely N-dealkylation sites (N-methyl/N-ethyl adjacent to an activating group) is 1. The van der Waals surface area contributed by atoms with Gasteiger partial charge < -0.3 is 5.32 Å². The Hall–Kier alpha value is -0.780. The van der Waals surface area contributed by atoms with Crippen LogP contribution in [0.1, 0.15) is 5.01 Å². The van der Waals surface area contributed by atoms with Crippen molar-refractivity contribution in [1.82, 2.24) is 15.5 Å². The summed E-state index contributed by atoms with van der Waals surface area (Å²) in [6, 6.07) is 8.13. The standard InChI is InChI=1S/C11H12BrN3S/c1-13-7-6-10-14-15-11(16-10)8-2-4-9(12)5-3-8/h2-5,13H,6-7H2,1H3. The Morgan fingerprint density at radius 2 is 2.00 bits per heavy atom. The molecule has 2 rings (SSSR count). The van der Waals surface area contributed by atoms with Crippen molar-refractivity contribution in [1.29, 1.82) is 0 Å². The molecule has 16 heavy (non-hydrogen) atoms. The van der Waals surface area contributed by atoms with Crippen LogP contribution in [0, 0.1) is 0 Å². The Labute approximate surface area is 107 Å². The minimum absolute atomic E-state index is 0.935. The smallest absolute Gasteiger partial charge is 0.147 e. The zero-order valence-corrected chi connectivity index (χ0v) is 11.3. The molecule has 2 aromatic rings. The molecule has 0 fully saturated rings. The second-order valence-corrected chi connectivity index (χ2v) is 5.34. The number of aromatic nitrogens is 2. The molecule has 0 bridgehead atoms. The van der Waals surface area contributed by atoms with Crippen LogP contribution in [0.2, 0.25) is 0 Å². The molecule has 0 aliphatic heterocycles. The van der Waals surface area contributed by atoms with Crippen molar-refractivity contribution in [2.24, 2.45) is 0 Å². The maximum atomic E-state index is 4.19. The van der Waals surface area contributed by atoms with Crippen molar-refractivity contribution in [3.8, 4) is 10.6 Å². The molecule has 0 amide bonds. The van der Waals surface area contributed by atoms with Crippen LogP contribution in [0.5, 0.6) is 0 Å². The van der Waals surface area contributed by atoms with E-state index in [2.05, 4.69) is 31.4 Å². The van der Waals surface area contributed by atoms with E-state index in [0.29, 0.717) is 0 Å². The molecule has 84 valence electrons. The highest BCUT2D eigenvalue weighted by atomic mass is 79.9. The van der Waals surface area contributed by atoms with Crippen molar-refractivity contribution in [3.63, 3.8) is 0 Å². The number of rotatable bonds is 4. The van der Waals surface area contributed by atoms with Gasteiger partial charge in [0.05, 0.1) is 0 Å². The van der Waals surface area contributed by atoms with Crippen LogP contribution in [0.3, 0.4) is 0 Å². The van der Waals surface area contributed by atoms with Gasteiger partial charge in [-0.3, -0.25) is 0 Å². The Bertz CT molecular complexity index is 453. The Morgan fingerprint density at radius 1 is 1.25 bits per heavy atom. The molecule has 0 spiro atoms. The van der Waals surface area contributed by atoms with Gasteiger partial charge in [-0.25, -0.2) is 0 Å². The van der Waals surface area contributed by atoms with Gasteiger partial charge in [-0.05, 0) is 19.2 Å². The van der Waals surface area contributed by atoms with Gasteiger partial charge >= 0.3 is 0 Å². The molecule has 1 aromatic carbocycles. The number of nitrogens with zero attached hydrogens (tertiary/aromatic N) is 2. The van der Waals surface area contributed by atoms with Crippen LogP contribution >= 0.6 is 27.3 Å². The second-order valence-electron chi connectivity index (χ2n) is 3.36. The highest BCUT2D eigenvalue weighted by molar-refractivity contribution is 9.10. The molecule has 5 heteroatoms. The Morgan fingerprint density at radius 3 is 2.69 bits per heavy atom. The number of hydrogen-bond acceptors (Lipinski definition) is 4. The summed E-state index contributed by atoms with van der Waals surface area (Å²) >= 11 is 5.07. The third-order valence-electron chi connectivity index (χ3n) is 2.15. The van der Waals surface area contributed by atoms with Gasteiger partial charge in [0.1, 0.15) is 10.0 Å². The molecule has 0 saturated heterocycles. The van der Waals surface area contributed by atoms with Gasteiger partial charge in [0.25, 0.3) is 0 Å². The van der Waals surface area contributed by atoms with E-state index < -0.39 is 0 Å². The Kier molecular flexibility index (Phi) is 4.04. The molecule has 1 heterocycles. The second kappa shape index (κ2) is 5.52. The van der Waals surface area contributed by atoms with E-state index in [0.717, 1.165) is 33.0 Å². The van der Waals surface area contributed by atoms with Crippen molar-refractivity contribution in [3.05, 3.63) is 33.7 Å². The lowest BCUT2D eigenvalue weighted by molar-refractivity contribution is 0.779. The minimum atomic E-state index is 0.935. The third-order valence-corrected chi connectivity index (χ3v) is 3.71. The lowest BCUT2D eigenvalue weighted by Gasteiger charge is -1.94. The van der Waals surface area contributed by atoms with Crippen LogP contribution in [-0.2, 0) is 6.42 Å². The average molecular weight is 298 g/mol. The number of halogens is 1. The van der Waals surface area contributed by atoms with Crippen LogP contribution in [0.4, 0.5) is 0 Å². The first-order chi connectivity index (χ1) is 7.79. The topological polar surface area (TPSA) is 37.8 Å². The highest BCUT2D eigenvalue weighted by Crippen LogP contribution is 2.24. The molecular weight excluding hydrogens is 286 g/mol. The molecule has 0 saturated carbocycles. The highest BCUT2D eigenvalue weighted by Gasteiger charge is 2.05. The monoisotopic (exact) mass is 297 g/mol. The first kappa shape index (κ1) is 11.7. The summed E-state index contributed by atoms with van der Waals surface area (Å²) < 4.78 is 1.08. The third kappa shape index (κ3) is 2.87. The first-order valence-electron chi connectivity index (χ1n) is 5.02. The SMILES string of the molecule is CNCCc1nnc(-c2ccc(Br)cc2)s1. The molecule has 0 unspecified atom stereocenters. The Balaban J connectivity index is 2.15. The van der Waals surface area contributed by atoms with Crippen molar-refractivity contribution < 1.29 is 0 Å². The summed E-state index contributed by atoms with van der Waals surface area (Å²) in [5.41, 5.74) is 1.12. The molecule has 3 nitrogen and oxygen atoms in total. The van der Waals surface area contributed by atoms with Crippen molar-refractivity contribution in [2.45, 2.75) is 6.42 Å². The quantitative estimate of drug-likeness (QED) is 0.943. The normalized spacial score (nSPS) is 10.6. The number of nitrogens with one attached hydrogen (secondary N) is 1. The van der Waals surface area contributed by atoms with Gasteiger partial charge in [0, 0.05) is 23.0 Å². The van der Waals surface area contributed by atoms with Gasteiger partial charge in [-0.1, -0.05) is 39.4 Å². The molecule has 0 atom stereocenters. The summed E-state index contributed by atoms with van der Waals surface area (Å²) in [4.78, 5) is 0. The van der Waals surface area contributed by atoms with Gasteiger partial charge in [-0.15, -0.1) is 10.2 Å².